The van der Waals surface area contributed by atoms with E-state index in [0.717, 1.165) is 33.6 Å². The summed E-state index contributed by atoms with van der Waals surface area (Å²) in [6, 6.07) is 12.8. The molecule has 0 fully saturated rings. The molecule has 2 aromatic rings. The molecule has 1 amide bonds. The molecule has 0 unspecified atom stereocenters. The number of rotatable bonds is 7. The largest absolute Gasteiger partial charge is 0.496 e. The van der Waals surface area contributed by atoms with E-state index in [2.05, 4.69) is 34.8 Å². The van der Waals surface area contributed by atoms with Gasteiger partial charge in [0.1, 0.15) is 11.5 Å². The summed E-state index contributed by atoms with van der Waals surface area (Å²) in [7, 11) is 1.61. The van der Waals surface area contributed by atoms with Crippen molar-refractivity contribution >= 4 is 34.2 Å². The van der Waals surface area contributed by atoms with Crippen molar-refractivity contribution in [1.82, 2.24) is 0 Å². The van der Waals surface area contributed by atoms with Crippen molar-refractivity contribution in [3.05, 3.63) is 51.6 Å². The third-order valence-electron chi connectivity index (χ3n) is 3.27. The van der Waals surface area contributed by atoms with E-state index in [-0.39, 0.29) is 5.91 Å². The van der Waals surface area contributed by atoms with Crippen molar-refractivity contribution in [1.29, 1.82) is 0 Å². The zero-order valence-corrected chi connectivity index (χ0v) is 15.4. The molecule has 0 spiro atoms. The van der Waals surface area contributed by atoms with Crippen molar-refractivity contribution in [3.63, 3.8) is 0 Å². The van der Waals surface area contributed by atoms with Gasteiger partial charge in [-0.1, -0.05) is 19.4 Å². The Morgan fingerprint density at radius 1 is 1.22 bits per heavy atom. The van der Waals surface area contributed by atoms with Gasteiger partial charge in [0.2, 0.25) is 0 Å². The van der Waals surface area contributed by atoms with E-state index < -0.39 is 0 Å². The lowest BCUT2D eigenvalue weighted by Gasteiger charge is -2.10. The van der Waals surface area contributed by atoms with Crippen LogP contribution in [0, 0.1) is 3.57 Å². The highest BCUT2D eigenvalue weighted by atomic mass is 127. The number of carbonyl (C=O) groups is 1. The fourth-order valence-electron chi connectivity index (χ4n) is 2.01. The van der Waals surface area contributed by atoms with Gasteiger partial charge in [0.05, 0.1) is 17.3 Å². The number of ether oxygens (including phenoxy) is 2. The van der Waals surface area contributed by atoms with Gasteiger partial charge in [-0.3, -0.25) is 4.79 Å². The minimum absolute atomic E-state index is 0.156. The molecule has 23 heavy (non-hydrogen) atoms. The lowest BCUT2D eigenvalue weighted by atomic mass is 10.2. The molecule has 2 aromatic carbocycles. The molecule has 0 bridgehead atoms. The van der Waals surface area contributed by atoms with Gasteiger partial charge in [-0.2, -0.15) is 0 Å². The van der Waals surface area contributed by atoms with Crippen LogP contribution >= 0.6 is 22.6 Å². The van der Waals surface area contributed by atoms with Crippen LogP contribution in [0.3, 0.4) is 0 Å². The summed E-state index contributed by atoms with van der Waals surface area (Å²) in [6.07, 6.45) is 2.10. The fourth-order valence-corrected chi connectivity index (χ4v) is 2.74. The van der Waals surface area contributed by atoms with Crippen molar-refractivity contribution < 1.29 is 14.3 Å². The second kappa shape index (κ2) is 8.76. The molecule has 0 saturated carbocycles. The third-order valence-corrected chi connectivity index (χ3v) is 4.12. The van der Waals surface area contributed by atoms with Crippen LogP contribution in [0.5, 0.6) is 11.5 Å². The maximum atomic E-state index is 12.3. The summed E-state index contributed by atoms with van der Waals surface area (Å²) >= 11 is 2.15. The first-order valence-corrected chi connectivity index (χ1v) is 8.59. The van der Waals surface area contributed by atoms with Gasteiger partial charge in [0.25, 0.3) is 5.91 Å². The predicted octanol–water partition coefficient (Wildman–Crippen LogP) is 4.73. The minimum Gasteiger partial charge on any atom is -0.496 e. The topological polar surface area (TPSA) is 47.6 Å². The summed E-state index contributed by atoms with van der Waals surface area (Å²) in [5, 5.41) is 2.89. The van der Waals surface area contributed by atoms with Gasteiger partial charge in [-0.25, -0.2) is 0 Å². The Morgan fingerprint density at radius 3 is 2.74 bits per heavy atom. The molecular weight excluding hydrogens is 405 g/mol. The number of nitrogens with one attached hydrogen (secondary N) is 1. The second-order valence-electron chi connectivity index (χ2n) is 5.03. The number of hydrogen-bond donors (Lipinski definition) is 1. The Labute approximate surface area is 150 Å². The molecular formula is C18H20INO3. The molecule has 0 aliphatic rings. The number of anilines is 1. The SMILES string of the molecule is CCCCOc1cccc(NC(=O)c2ccc(OC)c(I)c2)c1. The van der Waals surface area contributed by atoms with E-state index in [9.17, 15) is 4.79 Å². The van der Waals surface area contributed by atoms with E-state index in [1.165, 1.54) is 0 Å². The molecule has 2 rings (SSSR count). The molecule has 0 heterocycles. The molecule has 5 heteroatoms. The van der Waals surface area contributed by atoms with Crippen molar-refractivity contribution in [2.75, 3.05) is 19.0 Å². The average molecular weight is 425 g/mol. The Balaban J connectivity index is 2.05. The van der Waals surface area contributed by atoms with Crippen LogP contribution < -0.4 is 14.8 Å². The van der Waals surface area contributed by atoms with Crippen LogP contribution in [0.15, 0.2) is 42.5 Å². The van der Waals surface area contributed by atoms with Crippen LogP contribution in [0.2, 0.25) is 0 Å². The van der Waals surface area contributed by atoms with Gasteiger partial charge in [-0.15, -0.1) is 0 Å². The second-order valence-corrected chi connectivity index (χ2v) is 6.20. The van der Waals surface area contributed by atoms with Gasteiger partial charge in [0, 0.05) is 17.3 Å². The number of halogens is 1. The number of benzene rings is 2. The molecule has 4 nitrogen and oxygen atoms in total. The van der Waals surface area contributed by atoms with Crippen LogP contribution in [0.4, 0.5) is 5.69 Å². The van der Waals surface area contributed by atoms with Gasteiger partial charge in [0.15, 0.2) is 0 Å². The van der Waals surface area contributed by atoms with E-state index in [1.807, 2.05) is 24.3 Å². The van der Waals surface area contributed by atoms with Crippen LogP contribution in [-0.4, -0.2) is 19.6 Å². The van der Waals surface area contributed by atoms with Crippen molar-refractivity contribution in [3.8, 4) is 11.5 Å². The summed E-state index contributed by atoms with van der Waals surface area (Å²) in [5.41, 5.74) is 1.31. The maximum Gasteiger partial charge on any atom is 0.255 e. The first-order valence-electron chi connectivity index (χ1n) is 7.51. The van der Waals surface area contributed by atoms with E-state index in [1.54, 1.807) is 25.3 Å². The number of amides is 1. The summed E-state index contributed by atoms with van der Waals surface area (Å²) in [6.45, 7) is 2.81. The zero-order chi connectivity index (χ0) is 16.7. The van der Waals surface area contributed by atoms with Gasteiger partial charge < -0.3 is 14.8 Å². The van der Waals surface area contributed by atoms with Crippen LogP contribution in [-0.2, 0) is 0 Å². The number of unbranched alkanes of at least 4 members (excludes halogenated alkanes) is 1. The highest BCUT2D eigenvalue weighted by Gasteiger charge is 2.09. The first kappa shape index (κ1) is 17.6. The molecule has 0 radical (unpaired) electrons. The van der Waals surface area contributed by atoms with Gasteiger partial charge in [-0.05, 0) is 59.3 Å². The number of methoxy groups -OCH3 is 1. The minimum atomic E-state index is -0.156. The van der Waals surface area contributed by atoms with E-state index >= 15 is 0 Å². The first-order chi connectivity index (χ1) is 11.1. The smallest absolute Gasteiger partial charge is 0.255 e. The molecule has 0 aliphatic carbocycles. The fraction of sp³-hybridized carbons (Fsp3) is 0.278. The standard InChI is InChI=1S/C18H20INO3/c1-3-4-10-23-15-7-5-6-14(12-15)20-18(21)13-8-9-17(22-2)16(19)11-13/h5-9,11-12H,3-4,10H2,1-2H3,(H,20,21). The van der Waals surface area contributed by atoms with Crippen LogP contribution in [0.25, 0.3) is 0 Å². The van der Waals surface area contributed by atoms with E-state index in [4.69, 9.17) is 9.47 Å². The Morgan fingerprint density at radius 2 is 2.04 bits per heavy atom. The number of carbonyl (C=O) groups excluding carboxylic acids is 1. The summed E-state index contributed by atoms with van der Waals surface area (Å²) in [5.74, 6) is 1.37. The third kappa shape index (κ3) is 5.13. The van der Waals surface area contributed by atoms with Gasteiger partial charge >= 0.3 is 0 Å². The monoisotopic (exact) mass is 425 g/mol. The Bertz CT molecular complexity index is 673. The molecule has 0 saturated heterocycles. The Hall–Kier alpha value is -1.76. The maximum absolute atomic E-state index is 12.3. The quantitative estimate of drug-likeness (QED) is 0.516. The molecule has 0 aliphatic heterocycles. The highest BCUT2D eigenvalue weighted by molar-refractivity contribution is 14.1. The van der Waals surface area contributed by atoms with Crippen LogP contribution in [0.1, 0.15) is 30.1 Å². The summed E-state index contributed by atoms with van der Waals surface area (Å²) < 4.78 is 11.8. The molecule has 1 N–H and O–H groups in total. The number of hydrogen-bond acceptors (Lipinski definition) is 3. The average Bonchev–Trinajstić information content (AvgIpc) is 2.55. The van der Waals surface area contributed by atoms with Crippen molar-refractivity contribution in [2.45, 2.75) is 19.8 Å². The summed E-state index contributed by atoms with van der Waals surface area (Å²) in [4.78, 5) is 12.3. The van der Waals surface area contributed by atoms with Crippen molar-refractivity contribution in [2.24, 2.45) is 0 Å². The highest BCUT2D eigenvalue weighted by Crippen LogP contribution is 2.23. The zero-order valence-electron chi connectivity index (χ0n) is 13.3. The molecule has 0 aromatic heterocycles. The lowest BCUT2D eigenvalue weighted by Crippen LogP contribution is -2.12. The predicted molar refractivity (Wildman–Crippen MR) is 101 cm³/mol. The molecule has 0 atom stereocenters. The Kier molecular flexibility index (Phi) is 6.70. The lowest BCUT2D eigenvalue weighted by molar-refractivity contribution is 0.102. The van der Waals surface area contributed by atoms with E-state index in [0.29, 0.717) is 12.2 Å². The normalized spacial score (nSPS) is 10.2. The molecule has 122 valence electrons.